The molecule has 1 aromatic carbocycles. The van der Waals surface area contributed by atoms with Crippen LogP contribution in [0.4, 0.5) is 0 Å². The third kappa shape index (κ3) is 3.42. The molecule has 2 nitrogen and oxygen atoms in total. The van der Waals surface area contributed by atoms with Crippen molar-refractivity contribution in [2.45, 2.75) is 44.1 Å². The molecule has 0 amide bonds. The molecule has 2 aliphatic carbocycles. The molecule has 1 aromatic rings. The Kier molecular flexibility index (Phi) is 5.69. The highest BCUT2D eigenvalue weighted by atomic mass is 35.5. The second-order valence-corrected chi connectivity index (χ2v) is 7.83. The molecule has 1 saturated heterocycles. The first kappa shape index (κ1) is 18.0. The van der Waals surface area contributed by atoms with Crippen molar-refractivity contribution in [2.24, 2.45) is 17.8 Å². The first-order chi connectivity index (χ1) is 11.3. The second-order valence-electron chi connectivity index (χ2n) is 7.83. The topological polar surface area (TPSA) is 23.5 Å². The van der Waals surface area contributed by atoms with Crippen LogP contribution in [0.2, 0.25) is 0 Å². The maximum Gasteiger partial charge on any atom is 0.0942 e. The Morgan fingerprint density at radius 1 is 1.00 bits per heavy atom. The summed E-state index contributed by atoms with van der Waals surface area (Å²) < 4.78 is 0. The quantitative estimate of drug-likeness (QED) is 0.799. The molecule has 2 bridgehead atoms. The van der Waals surface area contributed by atoms with Crippen molar-refractivity contribution in [1.82, 2.24) is 4.90 Å². The molecular weight excluding hydrogens is 318 g/mol. The second kappa shape index (κ2) is 7.59. The van der Waals surface area contributed by atoms with Gasteiger partial charge in [0.1, 0.15) is 0 Å². The van der Waals surface area contributed by atoms with Gasteiger partial charge in [-0.3, -0.25) is 0 Å². The van der Waals surface area contributed by atoms with Crippen molar-refractivity contribution < 1.29 is 5.11 Å². The summed E-state index contributed by atoms with van der Waals surface area (Å²) in [5.41, 5.74) is 0.464. The third-order valence-electron chi connectivity index (χ3n) is 6.42. The molecule has 1 heterocycles. The summed E-state index contributed by atoms with van der Waals surface area (Å²) in [7, 11) is 0. The molecule has 0 spiro atoms. The average Bonchev–Trinajstić information content (AvgIpc) is 3.25. The van der Waals surface area contributed by atoms with Crippen LogP contribution < -0.4 is 0 Å². The van der Waals surface area contributed by atoms with E-state index in [0.29, 0.717) is 17.8 Å². The van der Waals surface area contributed by atoms with Gasteiger partial charge in [0.2, 0.25) is 0 Å². The normalized spacial score (nSPS) is 31.6. The fraction of sp³-hybridized carbons (Fsp3) is 0.619. The van der Waals surface area contributed by atoms with Crippen LogP contribution in [-0.4, -0.2) is 29.6 Å². The maximum absolute atomic E-state index is 11.8. The van der Waals surface area contributed by atoms with Crippen LogP contribution in [0.1, 0.15) is 44.1 Å². The Bertz CT molecular complexity index is 554. The van der Waals surface area contributed by atoms with Crippen LogP contribution in [-0.2, 0) is 5.60 Å². The molecule has 132 valence electrons. The number of hydrogen-bond donors (Lipinski definition) is 1. The number of nitrogens with zero attached hydrogens (tertiary/aromatic N) is 1. The molecule has 0 radical (unpaired) electrons. The Morgan fingerprint density at radius 2 is 1.75 bits per heavy atom. The molecule has 2 fully saturated rings. The van der Waals surface area contributed by atoms with Crippen LogP contribution in [0.15, 0.2) is 42.5 Å². The number of aliphatic hydroxyl groups is 1. The van der Waals surface area contributed by atoms with Crippen molar-refractivity contribution in [3.05, 3.63) is 48.0 Å². The van der Waals surface area contributed by atoms with Gasteiger partial charge in [-0.25, -0.2) is 0 Å². The molecule has 4 atom stereocenters. The van der Waals surface area contributed by atoms with Gasteiger partial charge in [-0.05, 0) is 68.5 Å². The van der Waals surface area contributed by atoms with Gasteiger partial charge in [0.05, 0.1) is 5.60 Å². The SMILES string of the molecule is Cl.O[C@@](CCN1CCCCC1)(c1ccccc1)[C@@H]1C[C@H]2C=C[C@@H]1C2. The predicted octanol–water partition coefficient (Wildman–Crippen LogP) is 4.38. The van der Waals surface area contributed by atoms with Crippen molar-refractivity contribution in [1.29, 1.82) is 0 Å². The Labute approximate surface area is 152 Å². The maximum atomic E-state index is 11.8. The van der Waals surface area contributed by atoms with Crippen LogP contribution in [0, 0.1) is 17.8 Å². The fourth-order valence-electron chi connectivity index (χ4n) is 5.11. The first-order valence-corrected chi connectivity index (χ1v) is 9.44. The molecule has 1 saturated carbocycles. The lowest BCUT2D eigenvalue weighted by Gasteiger charge is -2.40. The lowest BCUT2D eigenvalue weighted by molar-refractivity contribution is -0.0495. The van der Waals surface area contributed by atoms with E-state index in [1.807, 2.05) is 0 Å². The van der Waals surface area contributed by atoms with Gasteiger partial charge < -0.3 is 10.0 Å². The number of rotatable bonds is 5. The fourth-order valence-corrected chi connectivity index (χ4v) is 5.11. The number of halogens is 1. The highest BCUT2D eigenvalue weighted by Gasteiger charge is 2.48. The summed E-state index contributed by atoms with van der Waals surface area (Å²) in [5, 5.41) is 11.8. The summed E-state index contributed by atoms with van der Waals surface area (Å²) in [6.07, 6.45) is 12.0. The highest BCUT2D eigenvalue weighted by molar-refractivity contribution is 5.85. The smallest absolute Gasteiger partial charge is 0.0942 e. The van der Waals surface area contributed by atoms with Crippen molar-refractivity contribution in [3.8, 4) is 0 Å². The number of piperidine rings is 1. The van der Waals surface area contributed by atoms with Gasteiger partial charge in [-0.2, -0.15) is 0 Å². The first-order valence-electron chi connectivity index (χ1n) is 9.44. The zero-order valence-electron chi connectivity index (χ0n) is 14.4. The van der Waals surface area contributed by atoms with Gasteiger partial charge in [-0.1, -0.05) is 48.9 Å². The molecule has 24 heavy (non-hydrogen) atoms. The minimum Gasteiger partial charge on any atom is -0.385 e. The van der Waals surface area contributed by atoms with E-state index in [1.165, 1.54) is 38.8 Å². The van der Waals surface area contributed by atoms with Gasteiger partial charge >= 0.3 is 0 Å². The summed E-state index contributed by atoms with van der Waals surface area (Å²) in [6.45, 7) is 3.45. The third-order valence-corrected chi connectivity index (χ3v) is 6.42. The van der Waals surface area contributed by atoms with E-state index in [1.54, 1.807) is 0 Å². The lowest BCUT2D eigenvalue weighted by atomic mass is 9.72. The molecule has 3 heteroatoms. The minimum absolute atomic E-state index is 0. The average molecular weight is 348 g/mol. The zero-order chi connectivity index (χ0) is 15.7. The monoisotopic (exact) mass is 347 g/mol. The number of benzene rings is 1. The van der Waals surface area contributed by atoms with Crippen LogP contribution in [0.5, 0.6) is 0 Å². The molecular formula is C21H30ClNO. The summed E-state index contributed by atoms with van der Waals surface area (Å²) in [6, 6.07) is 10.5. The lowest BCUT2D eigenvalue weighted by Crippen LogP contribution is -2.42. The van der Waals surface area contributed by atoms with Crippen LogP contribution >= 0.6 is 12.4 Å². The van der Waals surface area contributed by atoms with Gasteiger partial charge in [0, 0.05) is 6.54 Å². The van der Waals surface area contributed by atoms with Gasteiger partial charge in [0.25, 0.3) is 0 Å². The molecule has 0 aromatic heterocycles. The predicted molar refractivity (Wildman–Crippen MR) is 101 cm³/mol. The van der Waals surface area contributed by atoms with Crippen molar-refractivity contribution in [2.75, 3.05) is 19.6 Å². The van der Waals surface area contributed by atoms with E-state index in [0.717, 1.165) is 24.9 Å². The number of likely N-dealkylation sites (tertiary alicyclic amines) is 1. The Balaban J connectivity index is 0.00000169. The molecule has 1 N–H and O–H groups in total. The van der Waals surface area contributed by atoms with Gasteiger partial charge in [0.15, 0.2) is 0 Å². The zero-order valence-corrected chi connectivity index (χ0v) is 15.3. The minimum atomic E-state index is -0.664. The van der Waals surface area contributed by atoms with E-state index < -0.39 is 5.60 Å². The summed E-state index contributed by atoms with van der Waals surface area (Å²) in [5.74, 6) is 1.67. The van der Waals surface area contributed by atoms with Crippen LogP contribution in [0.25, 0.3) is 0 Å². The van der Waals surface area contributed by atoms with E-state index in [4.69, 9.17) is 0 Å². The number of allylic oxidation sites excluding steroid dienone is 2. The number of hydrogen-bond acceptors (Lipinski definition) is 2. The summed E-state index contributed by atoms with van der Waals surface area (Å²) >= 11 is 0. The largest absolute Gasteiger partial charge is 0.385 e. The van der Waals surface area contributed by atoms with Crippen molar-refractivity contribution >= 4 is 12.4 Å². The van der Waals surface area contributed by atoms with E-state index in [-0.39, 0.29) is 12.4 Å². The van der Waals surface area contributed by atoms with E-state index in [2.05, 4.69) is 47.4 Å². The molecule has 3 aliphatic rings. The highest BCUT2D eigenvalue weighted by Crippen LogP contribution is 2.52. The Hall–Kier alpha value is -0.830. The standard InChI is InChI=1S/C21H29NO.ClH/c23-21(19-7-3-1-4-8-19,11-14-22-12-5-2-6-13-22)20-16-17-9-10-18(20)15-17;/h1,3-4,7-10,17-18,20,23H,2,5-6,11-16H2;1H/t17-,18+,20+,21-;/m0./s1. The molecule has 0 unspecified atom stereocenters. The Morgan fingerprint density at radius 3 is 2.38 bits per heavy atom. The van der Waals surface area contributed by atoms with E-state index in [9.17, 15) is 5.11 Å². The van der Waals surface area contributed by atoms with Crippen LogP contribution in [0.3, 0.4) is 0 Å². The molecule has 4 rings (SSSR count). The van der Waals surface area contributed by atoms with E-state index >= 15 is 0 Å². The summed E-state index contributed by atoms with van der Waals surface area (Å²) in [4.78, 5) is 2.56. The van der Waals surface area contributed by atoms with Gasteiger partial charge in [-0.15, -0.1) is 12.4 Å². The molecule has 1 aliphatic heterocycles. The van der Waals surface area contributed by atoms with Crippen molar-refractivity contribution in [3.63, 3.8) is 0 Å². The number of fused-ring (bicyclic) bond motifs is 2.